The number of carbonyl (C=O) groups is 3. The Bertz CT molecular complexity index is 753. The van der Waals surface area contributed by atoms with E-state index in [0.29, 0.717) is 24.6 Å². The Morgan fingerprint density at radius 2 is 1.90 bits per heavy atom. The molecule has 0 unspecified atom stereocenters. The Balaban J connectivity index is 2.07. The number of likely N-dealkylation sites (N-methyl/N-ethyl adjacent to an activating group) is 1. The quantitative estimate of drug-likeness (QED) is 0.437. The number of amides is 2. The molecule has 2 rings (SSSR count). The fraction of sp³-hybridized carbons (Fsp3) is 0.591. The third kappa shape index (κ3) is 6.93. The van der Waals surface area contributed by atoms with E-state index in [0.717, 1.165) is 6.42 Å². The Hall–Kier alpha value is -2.65. The molecule has 0 bridgehead atoms. The Labute approximate surface area is 183 Å². The van der Waals surface area contributed by atoms with Crippen molar-refractivity contribution in [1.82, 2.24) is 21.1 Å². The average Bonchev–Trinajstić information content (AvgIpc) is 2.77. The number of carboxylic acids is 1. The molecule has 1 heterocycles. The normalized spacial score (nSPS) is 18.4. The molecular formula is C22H34N4O5. The zero-order valence-electron chi connectivity index (χ0n) is 18.7. The third-order valence-electron chi connectivity index (χ3n) is 5.38. The lowest BCUT2D eigenvalue weighted by atomic mass is 10.0. The Morgan fingerprint density at radius 3 is 2.48 bits per heavy atom. The SMILES string of the molecule is CNC(=O)[C@@H]1CCCNN1C(=O)[C@H](CCOc1ccc(C(C)C)cc1)N[C@H](C)C(=O)O. The van der Waals surface area contributed by atoms with E-state index in [9.17, 15) is 19.5 Å². The number of hydrazine groups is 1. The summed E-state index contributed by atoms with van der Waals surface area (Å²) in [6.45, 7) is 6.49. The van der Waals surface area contributed by atoms with Gasteiger partial charge in [0.1, 0.15) is 17.8 Å². The van der Waals surface area contributed by atoms with Crippen LogP contribution in [0, 0.1) is 0 Å². The maximum absolute atomic E-state index is 13.2. The van der Waals surface area contributed by atoms with Crippen molar-refractivity contribution in [2.24, 2.45) is 0 Å². The predicted molar refractivity (Wildman–Crippen MR) is 117 cm³/mol. The molecule has 1 fully saturated rings. The van der Waals surface area contributed by atoms with Crippen molar-refractivity contribution < 1.29 is 24.2 Å². The van der Waals surface area contributed by atoms with Crippen LogP contribution in [0.25, 0.3) is 0 Å². The summed E-state index contributed by atoms with van der Waals surface area (Å²) in [7, 11) is 1.53. The van der Waals surface area contributed by atoms with Crippen LogP contribution in [0.15, 0.2) is 24.3 Å². The van der Waals surface area contributed by atoms with Gasteiger partial charge in [0.2, 0.25) is 5.91 Å². The Kier molecular flexibility index (Phi) is 9.26. The van der Waals surface area contributed by atoms with Crippen LogP contribution < -0.4 is 20.8 Å². The predicted octanol–water partition coefficient (Wildman–Crippen LogP) is 1.25. The smallest absolute Gasteiger partial charge is 0.320 e. The number of rotatable bonds is 10. The Morgan fingerprint density at radius 1 is 1.23 bits per heavy atom. The van der Waals surface area contributed by atoms with Crippen LogP contribution in [-0.4, -0.2) is 66.2 Å². The van der Waals surface area contributed by atoms with Crippen LogP contribution in [0.1, 0.15) is 51.5 Å². The number of carboxylic acid groups (broad SMARTS) is 1. The van der Waals surface area contributed by atoms with Gasteiger partial charge in [0.15, 0.2) is 0 Å². The monoisotopic (exact) mass is 434 g/mol. The molecule has 3 atom stereocenters. The molecule has 1 aliphatic heterocycles. The molecule has 0 aliphatic carbocycles. The first-order valence-corrected chi connectivity index (χ1v) is 10.7. The van der Waals surface area contributed by atoms with E-state index in [2.05, 4.69) is 29.9 Å². The van der Waals surface area contributed by atoms with Crippen molar-refractivity contribution >= 4 is 17.8 Å². The average molecular weight is 435 g/mol. The highest BCUT2D eigenvalue weighted by molar-refractivity contribution is 5.90. The molecule has 9 nitrogen and oxygen atoms in total. The minimum absolute atomic E-state index is 0.218. The second kappa shape index (κ2) is 11.7. The van der Waals surface area contributed by atoms with Crippen molar-refractivity contribution in [2.75, 3.05) is 20.2 Å². The fourth-order valence-corrected chi connectivity index (χ4v) is 3.44. The van der Waals surface area contributed by atoms with E-state index >= 15 is 0 Å². The van der Waals surface area contributed by atoms with Crippen molar-refractivity contribution in [3.63, 3.8) is 0 Å². The number of nitrogens with one attached hydrogen (secondary N) is 3. The summed E-state index contributed by atoms with van der Waals surface area (Å²) in [6.07, 6.45) is 1.56. The maximum Gasteiger partial charge on any atom is 0.320 e. The maximum atomic E-state index is 13.2. The second-order valence-corrected chi connectivity index (χ2v) is 8.03. The summed E-state index contributed by atoms with van der Waals surface area (Å²) in [4.78, 5) is 36.8. The molecular weight excluding hydrogens is 400 g/mol. The fourth-order valence-electron chi connectivity index (χ4n) is 3.44. The summed E-state index contributed by atoms with van der Waals surface area (Å²) in [5.74, 6) is -0.589. The lowest BCUT2D eigenvalue weighted by Crippen LogP contribution is -2.63. The van der Waals surface area contributed by atoms with Gasteiger partial charge in [-0.25, -0.2) is 5.43 Å². The summed E-state index contributed by atoms with van der Waals surface area (Å²) < 4.78 is 5.79. The molecule has 1 aromatic carbocycles. The summed E-state index contributed by atoms with van der Waals surface area (Å²) in [6, 6.07) is 5.37. The van der Waals surface area contributed by atoms with Crippen LogP contribution in [0.4, 0.5) is 0 Å². The number of ether oxygens (including phenoxy) is 1. The molecule has 0 aromatic heterocycles. The molecule has 0 radical (unpaired) electrons. The molecule has 172 valence electrons. The molecule has 2 amide bonds. The number of aliphatic carboxylic acids is 1. The van der Waals surface area contributed by atoms with Crippen molar-refractivity contribution in [3.8, 4) is 5.75 Å². The van der Waals surface area contributed by atoms with E-state index < -0.39 is 24.1 Å². The summed E-state index contributed by atoms with van der Waals surface area (Å²) in [5, 5.41) is 16.0. The minimum Gasteiger partial charge on any atom is -0.494 e. The number of hydrogen-bond donors (Lipinski definition) is 4. The van der Waals surface area contributed by atoms with Crippen LogP contribution >= 0.6 is 0 Å². The van der Waals surface area contributed by atoms with Gasteiger partial charge in [-0.15, -0.1) is 0 Å². The van der Waals surface area contributed by atoms with Gasteiger partial charge < -0.3 is 15.2 Å². The van der Waals surface area contributed by atoms with Crippen molar-refractivity contribution in [2.45, 2.75) is 64.1 Å². The largest absolute Gasteiger partial charge is 0.494 e. The lowest BCUT2D eigenvalue weighted by molar-refractivity contribution is -0.149. The van der Waals surface area contributed by atoms with E-state index in [1.54, 1.807) is 0 Å². The van der Waals surface area contributed by atoms with Gasteiger partial charge in [0.05, 0.1) is 12.6 Å². The van der Waals surface area contributed by atoms with Gasteiger partial charge in [0.25, 0.3) is 5.91 Å². The highest BCUT2D eigenvalue weighted by Crippen LogP contribution is 2.19. The van der Waals surface area contributed by atoms with E-state index in [4.69, 9.17) is 4.74 Å². The van der Waals surface area contributed by atoms with E-state index in [1.807, 2.05) is 24.3 Å². The molecule has 31 heavy (non-hydrogen) atoms. The summed E-state index contributed by atoms with van der Waals surface area (Å²) in [5.41, 5.74) is 4.19. The first-order valence-electron chi connectivity index (χ1n) is 10.7. The van der Waals surface area contributed by atoms with E-state index in [-0.39, 0.29) is 24.8 Å². The molecule has 1 aromatic rings. The molecule has 0 saturated carbocycles. The molecule has 4 N–H and O–H groups in total. The van der Waals surface area contributed by atoms with Gasteiger partial charge in [-0.05, 0) is 43.4 Å². The number of carbonyl (C=O) groups excluding carboxylic acids is 2. The first-order chi connectivity index (χ1) is 14.7. The standard InChI is InChI=1S/C22H34N4O5/c1-14(2)16-7-9-17(10-8-16)31-13-11-18(25-15(3)22(29)30)21(28)26-19(20(27)23-4)6-5-12-24-26/h7-10,14-15,18-19,24-25H,5-6,11-13H2,1-4H3,(H,23,27)(H,29,30)/t15-,18+,19+/m1/s1. The van der Waals surface area contributed by atoms with Crippen molar-refractivity contribution in [1.29, 1.82) is 0 Å². The van der Waals surface area contributed by atoms with E-state index in [1.165, 1.54) is 24.5 Å². The molecule has 1 saturated heterocycles. The third-order valence-corrected chi connectivity index (χ3v) is 5.38. The van der Waals surface area contributed by atoms with Crippen LogP contribution in [-0.2, 0) is 14.4 Å². The highest BCUT2D eigenvalue weighted by Gasteiger charge is 2.36. The van der Waals surface area contributed by atoms with Gasteiger partial charge in [-0.3, -0.25) is 24.7 Å². The minimum atomic E-state index is -1.06. The molecule has 0 spiro atoms. The lowest BCUT2D eigenvalue weighted by Gasteiger charge is -2.37. The van der Waals surface area contributed by atoms with Gasteiger partial charge in [0, 0.05) is 20.0 Å². The number of hydrogen-bond acceptors (Lipinski definition) is 6. The number of nitrogens with zero attached hydrogens (tertiary/aromatic N) is 1. The highest BCUT2D eigenvalue weighted by atomic mass is 16.5. The number of benzene rings is 1. The summed E-state index contributed by atoms with van der Waals surface area (Å²) >= 11 is 0. The van der Waals surface area contributed by atoms with Crippen LogP contribution in [0.5, 0.6) is 5.75 Å². The van der Waals surface area contributed by atoms with Gasteiger partial charge in [-0.1, -0.05) is 26.0 Å². The second-order valence-electron chi connectivity index (χ2n) is 8.03. The zero-order chi connectivity index (χ0) is 23.0. The van der Waals surface area contributed by atoms with Gasteiger partial charge >= 0.3 is 5.97 Å². The molecule has 1 aliphatic rings. The van der Waals surface area contributed by atoms with Crippen LogP contribution in [0.3, 0.4) is 0 Å². The zero-order valence-corrected chi connectivity index (χ0v) is 18.7. The first kappa shape index (κ1) is 24.6. The topological polar surface area (TPSA) is 120 Å². The van der Waals surface area contributed by atoms with Crippen molar-refractivity contribution in [3.05, 3.63) is 29.8 Å². The molecule has 9 heteroatoms. The van der Waals surface area contributed by atoms with Gasteiger partial charge in [-0.2, -0.15) is 0 Å². The van der Waals surface area contributed by atoms with Crippen LogP contribution in [0.2, 0.25) is 0 Å².